The quantitative estimate of drug-likeness (QED) is 0.390. The summed E-state index contributed by atoms with van der Waals surface area (Å²) in [7, 11) is 5.01. The van der Waals surface area contributed by atoms with E-state index in [0.29, 0.717) is 23.9 Å². The molecule has 2 aliphatic carbocycles. The fourth-order valence-electron chi connectivity index (χ4n) is 13.8. The van der Waals surface area contributed by atoms with Gasteiger partial charge in [0.1, 0.15) is 25.2 Å². The van der Waals surface area contributed by atoms with E-state index in [2.05, 4.69) is 97.0 Å². The second-order valence-corrected chi connectivity index (χ2v) is 16.7. The summed E-state index contributed by atoms with van der Waals surface area (Å²) in [6, 6.07) is 20.5. The second kappa shape index (κ2) is 8.46. The molecule has 0 amide bonds. The third kappa shape index (κ3) is 2.77. The van der Waals surface area contributed by atoms with Crippen LogP contribution < -0.4 is 9.80 Å². The highest BCUT2D eigenvalue weighted by molar-refractivity contribution is 5.77. The molecule has 6 heteroatoms. The highest BCUT2D eigenvalue weighted by Crippen LogP contribution is 2.69. The molecule has 236 valence electrons. The molecule has 0 unspecified atom stereocenters. The van der Waals surface area contributed by atoms with Crippen LogP contribution >= 0.6 is 0 Å². The Morgan fingerprint density at radius 2 is 1.13 bits per heavy atom. The monoisotopic (exact) mass is 614 g/mol. The zero-order chi connectivity index (χ0) is 30.8. The fourth-order valence-corrected chi connectivity index (χ4v) is 13.8. The molecule has 0 aromatic heterocycles. The number of para-hydroxylation sites is 2. The van der Waals surface area contributed by atoms with Gasteiger partial charge in [-0.2, -0.15) is 0 Å². The molecule has 0 radical (unpaired) electrons. The van der Waals surface area contributed by atoms with Gasteiger partial charge in [0.2, 0.25) is 0 Å². The summed E-state index contributed by atoms with van der Waals surface area (Å²) in [6.45, 7) is 4.70. The number of likely N-dealkylation sites (N-methyl/N-ethyl adjacent to an activating group) is 2. The first-order valence-corrected chi connectivity index (χ1v) is 17.8. The van der Waals surface area contributed by atoms with Gasteiger partial charge in [0.15, 0.2) is 0 Å². The molecule has 2 saturated carbocycles. The van der Waals surface area contributed by atoms with Crippen LogP contribution in [0.2, 0.25) is 0 Å². The Morgan fingerprint density at radius 1 is 0.696 bits per heavy atom. The van der Waals surface area contributed by atoms with Crippen LogP contribution in [0, 0.1) is 11.8 Å². The molecule has 46 heavy (non-hydrogen) atoms. The van der Waals surface area contributed by atoms with Crippen molar-refractivity contribution >= 4 is 11.4 Å². The summed E-state index contributed by atoms with van der Waals surface area (Å²) < 4.78 is 2.18. The minimum atomic E-state index is 0.0790. The van der Waals surface area contributed by atoms with Crippen molar-refractivity contribution in [1.29, 1.82) is 0 Å². The zero-order valence-corrected chi connectivity index (χ0v) is 27.1. The molecule has 2 spiro atoms. The molecule has 10 atom stereocenters. The minimum absolute atomic E-state index is 0.0790. The Balaban J connectivity index is 1.24. The maximum Gasteiger partial charge on any atom is 0.102 e. The van der Waals surface area contributed by atoms with Gasteiger partial charge in [-0.3, -0.25) is 0 Å². The molecule has 11 rings (SSSR count). The lowest BCUT2D eigenvalue weighted by Crippen LogP contribution is -2.68. The van der Waals surface area contributed by atoms with Gasteiger partial charge in [-0.25, -0.2) is 0 Å². The standard InChI is InChI=1S/C40H46N4O2/c1-43-15-13-39-31-7-3-5-9-33(31)41-22-30-28-20-36-40(14-16-44(36,2)24-26(28)12-18-46)32-8-4-6-10-34(32)42(38(30)40)21-29(37(39)41)27(19-35(39)43)25(23-43)11-17-45/h3-12,21-22,27-28,35-38,45-46H,13-20,23-24H2,1-2H3/q+2/b25-11-,26-12-,29-21-,30-22-/t27-,28-,35-,36-,37-,38-,39+,40+,43-,44-/m0/s1. The highest BCUT2D eigenvalue weighted by atomic mass is 16.3. The van der Waals surface area contributed by atoms with E-state index in [-0.39, 0.29) is 36.1 Å². The van der Waals surface area contributed by atoms with Gasteiger partial charge in [0.05, 0.1) is 63.3 Å². The van der Waals surface area contributed by atoms with E-state index in [9.17, 15) is 10.2 Å². The van der Waals surface area contributed by atoms with Crippen LogP contribution in [0.3, 0.4) is 0 Å². The first kappa shape index (κ1) is 26.9. The lowest BCUT2D eigenvalue weighted by molar-refractivity contribution is -0.924. The van der Waals surface area contributed by atoms with E-state index in [1.807, 2.05) is 0 Å². The number of rotatable bonds is 2. The summed E-state index contributed by atoms with van der Waals surface area (Å²) in [5.41, 5.74) is 12.1. The fraction of sp³-hybridized carbons (Fsp3) is 0.500. The Bertz CT molecular complexity index is 1730. The van der Waals surface area contributed by atoms with Crippen LogP contribution in [0.25, 0.3) is 0 Å². The molecule has 9 aliphatic rings. The molecule has 6 nitrogen and oxygen atoms in total. The first-order valence-electron chi connectivity index (χ1n) is 17.8. The van der Waals surface area contributed by atoms with Gasteiger partial charge in [0, 0.05) is 61.3 Å². The van der Waals surface area contributed by atoms with Gasteiger partial charge in [-0.05, 0) is 45.6 Å². The largest absolute Gasteiger partial charge is 0.392 e. The molecule has 2 aromatic rings. The lowest BCUT2D eigenvalue weighted by Gasteiger charge is -2.58. The third-order valence-electron chi connectivity index (χ3n) is 15.3. The molecule has 4 bridgehead atoms. The molecular formula is C40H46N4O2+2. The smallest absolute Gasteiger partial charge is 0.102 e. The van der Waals surface area contributed by atoms with Crippen molar-refractivity contribution in [2.24, 2.45) is 11.8 Å². The number of aliphatic hydroxyl groups excluding tert-OH is 2. The van der Waals surface area contributed by atoms with Gasteiger partial charge in [-0.1, -0.05) is 48.6 Å². The van der Waals surface area contributed by atoms with E-state index in [1.54, 1.807) is 22.3 Å². The van der Waals surface area contributed by atoms with Gasteiger partial charge < -0.3 is 29.0 Å². The van der Waals surface area contributed by atoms with Gasteiger partial charge in [0.25, 0.3) is 0 Å². The number of piperidine rings is 2. The average Bonchev–Trinajstić information content (AvgIpc) is 3.73. The van der Waals surface area contributed by atoms with Gasteiger partial charge in [-0.15, -0.1) is 0 Å². The van der Waals surface area contributed by atoms with Crippen molar-refractivity contribution in [3.8, 4) is 0 Å². The van der Waals surface area contributed by atoms with Crippen LogP contribution in [0.5, 0.6) is 0 Å². The summed E-state index contributed by atoms with van der Waals surface area (Å²) in [4.78, 5) is 5.55. The minimum Gasteiger partial charge on any atom is -0.392 e. The SMILES string of the molecule is C[N@@+]12CC[C@@]34c5ccccc5N5/C=C6/[C@H]7C[C@H]8[C@@]9(CC[N@@+]8(C)C/C7=C/CO)c7ccccc7N(/C=C(/[C@@H](C[C@@H]31)/C(=C\CO)C2)[C@H]54)[C@@H]69. The van der Waals surface area contributed by atoms with Crippen LogP contribution in [0.15, 0.2) is 95.4 Å². The van der Waals surface area contributed by atoms with Crippen molar-refractivity contribution < 1.29 is 19.2 Å². The van der Waals surface area contributed by atoms with E-state index in [4.69, 9.17) is 0 Å². The molecule has 7 aliphatic heterocycles. The van der Waals surface area contributed by atoms with Crippen molar-refractivity contribution in [3.63, 3.8) is 0 Å². The van der Waals surface area contributed by atoms with Crippen LogP contribution in [0.1, 0.15) is 36.8 Å². The Kier molecular flexibility index (Phi) is 4.94. The van der Waals surface area contributed by atoms with E-state index in [0.717, 1.165) is 34.9 Å². The summed E-state index contributed by atoms with van der Waals surface area (Å²) in [6.07, 6.45) is 14.4. The molecule has 2 aromatic carbocycles. The molecule has 6 fully saturated rings. The predicted molar refractivity (Wildman–Crippen MR) is 180 cm³/mol. The van der Waals surface area contributed by atoms with E-state index < -0.39 is 0 Å². The zero-order valence-electron chi connectivity index (χ0n) is 27.1. The molecule has 7 heterocycles. The number of anilines is 2. The lowest BCUT2D eigenvalue weighted by atomic mass is 9.56. The summed E-state index contributed by atoms with van der Waals surface area (Å²) >= 11 is 0. The first-order chi connectivity index (χ1) is 22.4. The number of hydrogen-bond acceptors (Lipinski definition) is 4. The normalized spacial score (nSPS) is 48.6. The summed E-state index contributed by atoms with van der Waals surface area (Å²) in [5, 5.41) is 20.6. The number of aliphatic hydroxyl groups is 2. The number of hydrogen-bond donors (Lipinski definition) is 2. The van der Waals surface area contributed by atoms with Crippen molar-refractivity contribution in [1.82, 2.24) is 0 Å². The van der Waals surface area contributed by atoms with Crippen LogP contribution in [-0.4, -0.2) is 96.8 Å². The number of nitrogens with zero attached hydrogens (tertiary/aromatic N) is 4. The Labute approximate surface area is 272 Å². The topological polar surface area (TPSA) is 46.9 Å². The highest BCUT2D eigenvalue weighted by Gasteiger charge is 2.74. The number of fused-ring (bicyclic) bond motifs is 8. The van der Waals surface area contributed by atoms with Gasteiger partial charge >= 0.3 is 0 Å². The Hall–Kier alpha value is -3.16. The predicted octanol–water partition coefficient (Wildman–Crippen LogP) is 4.36. The average molecular weight is 615 g/mol. The van der Waals surface area contributed by atoms with Crippen LogP contribution in [0.4, 0.5) is 11.4 Å². The maximum absolute atomic E-state index is 10.3. The number of quaternary nitrogens is 2. The van der Waals surface area contributed by atoms with Crippen molar-refractivity contribution in [2.75, 3.05) is 63.3 Å². The van der Waals surface area contributed by atoms with E-state index in [1.165, 1.54) is 48.5 Å². The Morgan fingerprint density at radius 3 is 1.57 bits per heavy atom. The summed E-state index contributed by atoms with van der Waals surface area (Å²) in [5.74, 6) is 0.709. The number of benzene rings is 2. The van der Waals surface area contributed by atoms with Crippen molar-refractivity contribution in [2.45, 2.75) is 60.7 Å². The maximum atomic E-state index is 10.3. The molecule has 2 N–H and O–H groups in total. The van der Waals surface area contributed by atoms with Crippen molar-refractivity contribution in [3.05, 3.63) is 107 Å². The second-order valence-electron chi connectivity index (χ2n) is 16.7. The van der Waals surface area contributed by atoms with E-state index >= 15 is 0 Å². The third-order valence-corrected chi connectivity index (χ3v) is 15.3. The molecule has 4 saturated heterocycles. The van der Waals surface area contributed by atoms with Crippen LogP contribution in [-0.2, 0) is 10.8 Å². The molecular weight excluding hydrogens is 568 g/mol.